The Bertz CT molecular complexity index is 933. The van der Waals surface area contributed by atoms with E-state index in [-0.39, 0.29) is 5.90 Å². The van der Waals surface area contributed by atoms with Crippen molar-refractivity contribution in [3.63, 3.8) is 0 Å². The number of aryl methyl sites for hydroxylation is 1. The van der Waals surface area contributed by atoms with Gasteiger partial charge >= 0.3 is 0 Å². The Morgan fingerprint density at radius 3 is 2.61 bits per heavy atom. The highest BCUT2D eigenvalue weighted by Gasteiger charge is 2.81. The summed E-state index contributed by atoms with van der Waals surface area (Å²) in [5.41, 5.74) is -2.87. The molecule has 3 aliphatic rings. The normalized spacial score (nSPS) is 37.8. The fourth-order valence-corrected chi connectivity index (χ4v) is 5.60. The van der Waals surface area contributed by atoms with Gasteiger partial charge in [0.25, 0.3) is 0 Å². The van der Waals surface area contributed by atoms with Crippen molar-refractivity contribution in [1.82, 2.24) is 4.57 Å². The first-order chi connectivity index (χ1) is 13.4. The molecule has 5 atom stereocenters. The average Bonchev–Trinajstić information content (AvgIpc) is 3.20. The van der Waals surface area contributed by atoms with E-state index in [1.165, 1.54) is 0 Å². The van der Waals surface area contributed by atoms with Crippen LogP contribution in [0.2, 0.25) is 0 Å². The molecule has 4 rings (SSSR count). The Morgan fingerprint density at radius 1 is 1.29 bits per heavy atom. The summed E-state index contributed by atoms with van der Waals surface area (Å²) in [5, 5.41) is 39.4. The van der Waals surface area contributed by atoms with Crippen molar-refractivity contribution in [1.29, 1.82) is 21.2 Å². The molecule has 2 bridgehead atoms. The maximum atomic E-state index is 10.3. The summed E-state index contributed by atoms with van der Waals surface area (Å²) in [6, 6.07) is 10.1. The number of aromatic nitrogens is 1. The van der Waals surface area contributed by atoms with Gasteiger partial charge in [-0.05, 0) is 30.9 Å². The third kappa shape index (κ3) is 1.96. The van der Waals surface area contributed by atoms with E-state index >= 15 is 0 Å². The molecule has 1 aromatic rings. The van der Waals surface area contributed by atoms with Gasteiger partial charge in [-0.25, -0.2) is 0 Å². The predicted octanol–water partition coefficient (Wildman–Crippen LogP) is 3.56. The molecule has 3 heterocycles. The minimum atomic E-state index is -1.86. The first-order valence-corrected chi connectivity index (χ1v) is 9.75. The van der Waals surface area contributed by atoms with Crippen LogP contribution in [0.4, 0.5) is 0 Å². The number of nitriles is 3. The van der Waals surface area contributed by atoms with Gasteiger partial charge in [0.1, 0.15) is 6.10 Å². The number of ether oxygens (including phenoxy) is 2. The summed E-state index contributed by atoms with van der Waals surface area (Å²) in [6.07, 6.45) is 4.93. The van der Waals surface area contributed by atoms with Crippen LogP contribution in [0, 0.1) is 62.1 Å². The SMILES string of the molecule is CCCC1CCC23OC(=N)C(C#N)(C2C1)C(C#N)(C#N)C(c1cccn1C)O3. The molecule has 1 N–H and O–H groups in total. The molecule has 0 aromatic carbocycles. The second-order valence-corrected chi connectivity index (χ2v) is 8.22. The minimum Gasteiger partial charge on any atom is -0.447 e. The van der Waals surface area contributed by atoms with Crippen LogP contribution in [0.25, 0.3) is 0 Å². The van der Waals surface area contributed by atoms with E-state index in [9.17, 15) is 15.8 Å². The summed E-state index contributed by atoms with van der Waals surface area (Å²) in [5.74, 6) is -1.55. The summed E-state index contributed by atoms with van der Waals surface area (Å²) >= 11 is 0. The lowest BCUT2D eigenvalue weighted by atomic mass is 9.51. The molecule has 1 aromatic heterocycles. The van der Waals surface area contributed by atoms with Crippen molar-refractivity contribution in [2.75, 3.05) is 0 Å². The predicted molar refractivity (Wildman–Crippen MR) is 98.2 cm³/mol. The van der Waals surface area contributed by atoms with Gasteiger partial charge in [0.15, 0.2) is 5.41 Å². The standard InChI is InChI=1S/C21H23N5O2/c1-3-5-14-7-8-21-16(10-14)20(13-24,18(25)28-21)19(11-22,12-23)17(27-21)15-6-4-9-26(15)2/h4,6,9,14,16-17,25H,3,5,7-8,10H2,1-2H3. The molecular formula is C21H23N5O2. The van der Waals surface area contributed by atoms with Crippen molar-refractivity contribution in [3.8, 4) is 18.2 Å². The van der Waals surface area contributed by atoms with E-state index < -0.39 is 28.6 Å². The molecule has 0 spiro atoms. The van der Waals surface area contributed by atoms with Gasteiger partial charge in [-0.2, -0.15) is 15.8 Å². The van der Waals surface area contributed by atoms with E-state index in [1.807, 2.05) is 19.3 Å². The second kappa shape index (κ2) is 6.09. The number of nitrogens with one attached hydrogen (secondary N) is 1. The summed E-state index contributed by atoms with van der Waals surface area (Å²) < 4.78 is 14.2. The van der Waals surface area contributed by atoms with Crippen LogP contribution in [-0.4, -0.2) is 16.3 Å². The first-order valence-electron chi connectivity index (χ1n) is 9.75. The summed E-state index contributed by atoms with van der Waals surface area (Å²) in [4.78, 5) is 0. The molecule has 2 saturated heterocycles. The number of hydrogen-bond donors (Lipinski definition) is 1. The highest BCUT2D eigenvalue weighted by Crippen LogP contribution is 2.70. The zero-order valence-electron chi connectivity index (χ0n) is 16.1. The molecule has 7 nitrogen and oxygen atoms in total. The van der Waals surface area contributed by atoms with Crippen molar-refractivity contribution in [2.45, 2.75) is 50.9 Å². The Kier molecular flexibility index (Phi) is 4.03. The molecule has 0 amide bonds. The van der Waals surface area contributed by atoms with Crippen LogP contribution in [0.15, 0.2) is 18.3 Å². The fraction of sp³-hybridized carbons (Fsp3) is 0.619. The van der Waals surface area contributed by atoms with Crippen LogP contribution >= 0.6 is 0 Å². The molecule has 1 aliphatic carbocycles. The number of nitrogens with zero attached hydrogens (tertiary/aromatic N) is 4. The Balaban J connectivity index is 1.94. The number of hydrogen-bond acceptors (Lipinski definition) is 6. The van der Waals surface area contributed by atoms with Crippen LogP contribution in [0.3, 0.4) is 0 Å². The quantitative estimate of drug-likeness (QED) is 0.864. The minimum absolute atomic E-state index is 0.294. The van der Waals surface area contributed by atoms with Gasteiger partial charge in [-0.1, -0.05) is 19.8 Å². The van der Waals surface area contributed by atoms with Crippen LogP contribution in [0.1, 0.15) is 50.8 Å². The largest absolute Gasteiger partial charge is 0.447 e. The molecule has 1 saturated carbocycles. The maximum absolute atomic E-state index is 10.3. The van der Waals surface area contributed by atoms with Crippen LogP contribution < -0.4 is 0 Å². The lowest BCUT2D eigenvalue weighted by Gasteiger charge is -2.52. The molecule has 2 aliphatic heterocycles. The molecule has 5 unspecified atom stereocenters. The van der Waals surface area contributed by atoms with Gasteiger partial charge in [0.05, 0.1) is 24.1 Å². The third-order valence-corrected chi connectivity index (χ3v) is 6.97. The lowest BCUT2D eigenvalue weighted by molar-refractivity contribution is -0.300. The van der Waals surface area contributed by atoms with Gasteiger partial charge in [-0.3, -0.25) is 5.41 Å². The van der Waals surface area contributed by atoms with E-state index in [2.05, 4.69) is 25.1 Å². The number of rotatable bonds is 3. The maximum Gasteiger partial charge on any atom is 0.217 e. The Labute approximate surface area is 164 Å². The molecule has 144 valence electrons. The van der Waals surface area contributed by atoms with Crippen molar-refractivity contribution >= 4 is 5.90 Å². The highest BCUT2D eigenvalue weighted by atomic mass is 16.7. The molecule has 7 heteroatoms. The van der Waals surface area contributed by atoms with E-state index in [0.29, 0.717) is 24.5 Å². The van der Waals surface area contributed by atoms with Gasteiger partial charge < -0.3 is 14.0 Å². The smallest absolute Gasteiger partial charge is 0.217 e. The van der Waals surface area contributed by atoms with E-state index in [0.717, 1.165) is 19.3 Å². The van der Waals surface area contributed by atoms with Crippen molar-refractivity contribution < 1.29 is 9.47 Å². The molecule has 28 heavy (non-hydrogen) atoms. The average molecular weight is 377 g/mol. The Morgan fingerprint density at radius 2 is 2.04 bits per heavy atom. The van der Waals surface area contributed by atoms with Crippen molar-refractivity contribution in [2.24, 2.45) is 29.7 Å². The Hall–Kier alpha value is -2.82. The lowest BCUT2D eigenvalue weighted by Crippen LogP contribution is -2.61. The molecular weight excluding hydrogens is 354 g/mol. The van der Waals surface area contributed by atoms with E-state index in [4.69, 9.17) is 14.9 Å². The van der Waals surface area contributed by atoms with Gasteiger partial charge in [0.2, 0.25) is 17.1 Å². The molecule has 3 fully saturated rings. The zero-order valence-corrected chi connectivity index (χ0v) is 16.1. The van der Waals surface area contributed by atoms with Crippen LogP contribution in [-0.2, 0) is 16.5 Å². The fourth-order valence-electron chi connectivity index (χ4n) is 5.60. The topological polar surface area (TPSA) is 119 Å². The zero-order chi connectivity index (χ0) is 20.2. The summed E-state index contributed by atoms with van der Waals surface area (Å²) in [6.45, 7) is 2.12. The highest BCUT2D eigenvalue weighted by molar-refractivity contribution is 5.89. The van der Waals surface area contributed by atoms with Gasteiger partial charge in [-0.15, -0.1) is 0 Å². The van der Waals surface area contributed by atoms with Gasteiger partial charge in [0, 0.05) is 25.4 Å². The third-order valence-electron chi connectivity index (χ3n) is 6.97. The first kappa shape index (κ1) is 18.5. The summed E-state index contributed by atoms with van der Waals surface area (Å²) in [7, 11) is 1.81. The monoisotopic (exact) mass is 377 g/mol. The van der Waals surface area contributed by atoms with E-state index in [1.54, 1.807) is 10.6 Å². The molecule has 0 radical (unpaired) electrons. The van der Waals surface area contributed by atoms with Crippen LogP contribution in [0.5, 0.6) is 0 Å². The van der Waals surface area contributed by atoms with Crippen molar-refractivity contribution in [3.05, 3.63) is 24.0 Å². The second-order valence-electron chi connectivity index (χ2n) is 8.22.